The zero-order chi connectivity index (χ0) is 24.5. The first-order chi connectivity index (χ1) is 16.2. The standard InChI is InChI=1S/C24H25N3O6S.Na/c1-24(2)18(22(30)31)27-20(29)17(21(27)34-24)25-19(28)16(15-11-7-4-8-12-15)26-23(32)33-13-14-9-5-3-6-10-14;/h3-12,16-18,21H,13H2,1-2H3,(H,25,28)(H,26,32)(H,30,31);/q;+1/p-1/t16?,17-,18+,21-;/m1./s1. The molecule has 3 amide bonds. The second kappa shape index (κ2) is 11.0. The maximum Gasteiger partial charge on any atom is 1.00 e. The maximum absolute atomic E-state index is 13.2. The molecule has 0 saturated carbocycles. The molecular formula is C24H24N3NaO6S. The van der Waals surface area contributed by atoms with E-state index in [2.05, 4.69) is 10.6 Å². The fraction of sp³-hybridized carbons (Fsp3) is 0.333. The topological polar surface area (TPSA) is 128 Å². The van der Waals surface area contributed by atoms with Crippen molar-refractivity contribution in [1.29, 1.82) is 0 Å². The van der Waals surface area contributed by atoms with Gasteiger partial charge in [-0.25, -0.2) is 4.79 Å². The molecule has 2 saturated heterocycles. The number of hydrogen-bond acceptors (Lipinski definition) is 7. The Bertz CT molecular complexity index is 1100. The summed E-state index contributed by atoms with van der Waals surface area (Å²) in [4.78, 5) is 51.2. The SMILES string of the molecule is CC1(C)S[C@@H]2[C@H](NC(=O)C(NC(=O)OCc3ccccc3)c3ccccc3)C(=O)N2[C@H]1C(=O)[O-].[Na+]. The summed E-state index contributed by atoms with van der Waals surface area (Å²) in [5.74, 6) is -2.43. The van der Waals surface area contributed by atoms with Crippen molar-refractivity contribution in [1.82, 2.24) is 15.5 Å². The van der Waals surface area contributed by atoms with Gasteiger partial charge in [-0.05, 0) is 25.0 Å². The number of carboxylic acids is 1. The molecule has 2 aromatic rings. The predicted octanol–water partition coefficient (Wildman–Crippen LogP) is -2.04. The van der Waals surface area contributed by atoms with Gasteiger partial charge in [-0.2, -0.15) is 0 Å². The quantitative estimate of drug-likeness (QED) is 0.328. The van der Waals surface area contributed by atoms with Gasteiger partial charge in [0.2, 0.25) is 11.8 Å². The van der Waals surface area contributed by atoms with Crippen LogP contribution in [0.4, 0.5) is 4.79 Å². The molecule has 2 aromatic carbocycles. The number of benzene rings is 2. The fourth-order valence-corrected chi connectivity index (χ4v) is 5.81. The fourth-order valence-electron chi connectivity index (χ4n) is 4.19. The summed E-state index contributed by atoms with van der Waals surface area (Å²) in [6.07, 6.45) is -0.789. The summed E-state index contributed by atoms with van der Waals surface area (Å²) in [5, 5.41) is 16.3. The van der Waals surface area contributed by atoms with E-state index >= 15 is 0 Å². The van der Waals surface area contributed by atoms with Gasteiger partial charge in [-0.15, -0.1) is 11.8 Å². The third-order valence-electron chi connectivity index (χ3n) is 5.83. The number of carboxylic acid groups (broad SMARTS) is 1. The van der Waals surface area contributed by atoms with Gasteiger partial charge >= 0.3 is 35.7 Å². The third kappa shape index (κ3) is 5.66. The van der Waals surface area contributed by atoms with Crippen LogP contribution >= 0.6 is 11.8 Å². The number of nitrogens with one attached hydrogen (secondary N) is 2. The molecule has 2 fully saturated rings. The number of nitrogens with zero attached hydrogens (tertiary/aromatic N) is 1. The van der Waals surface area contributed by atoms with Crippen LogP contribution in [-0.4, -0.2) is 51.0 Å². The summed E-state index contributed by atoms with van der Waals surface area (Å²) in [5.41, 5.74) is 1.30. The number of aliphatic carboxylic acids is 1. The minimum Gasteiger partial charge on any atom is -0.548 e. The van der Waals surface area contributed by atoms with Gasteiger partial charge in [0.05, 0.1) is 12.0 Å². The summed E-state index contributed by atoms with van der Waals surface area (Å²) in [6, 6.07) is 14.6. The molecular weight excluding hydrogens is 481 g/mol. The maximum atomic E-state index is 13.2. The van der Waals surface area contributed by atoms with Crippen LogP contribution in [0.1, 0.15) is 31.0 Å². The molecule has 4 rings (SSSR count). The molecule has 2 aliphatic rings. The average molecular weight is 506 g/mol. The number of carbonyl (C=O) groups excluding carboxylic acids is 4. The van der Waals surface area contributed by atoms with E-state index in [1.54, 1.807) is 44.2 Å². The number of fused-ring (bicyclic) bond motifs is 1. The number of β-lactam (4-membered cyclic amide) rings is 1. The number of hydrogen-bond donors (Lipinski definition) is 2. The molecule has 2 aliphatic heterocycles. The Hall–Kier alpha value is -2.53. The molecule has 2 heterocycles. The van der Waals surface area contributed by atoms with E-state index in [0.717, 1.165) is 5.56 Å². The Morgan fingerprint density at radius 2 is 1.69 bits per heavy atom. The molecule has 0 aromatic heterocycles. The van der Waals surface area contributed by atoms with Crippen molar-refractivity contribution in [2.24, 2.45) is 0 Å². The molecule has 0 bridgehead atoms. The average Bonchev–Trinajstić information content (AvgIpc) is 3.08. The van der Waals surface area contributed by atoms with Crippen LogP contribution < -0.4 is 45.3 Å². The van der Waals surface area contributed by atoms with Crippen LogP contribution in [0.5, 0.6) is 0 Å². The Labute approximate surface area is 229 Å². The van der Waals surface area contributed by atoms with E-state index < -0.39 is 52.1 Å². The first kappa shape index (κ1) is 27.1. The summed E-state index contributed by atoms with van der Waals surface area (Å²) >= 11 is 1.29. The Balaban J connectivity index is 0.00000342. The van der Waals surface area contributed by atoms with Crippen LogP contribution in [0.15, 0.2) is 60.7 Å². The van der Waals surface area contributed by atoms with E-state index in [1.165, 1.54) is 16.7 Å². The van der Waals surface area contributed by atoms with Crippen molar-refractivity contribution < 1.29 is 58.6 Å². The molecule has 11 heteroatoms. The Morgan fingerprint density at radius 3 is 2.29 bits per heavy atom. The minimum atomic E-state index is -1.33. The summed E-state index contributed by atoms with van der Waals surface area (Å²) in [6.45, 7) is 3.48. The molecule has 9 nitrogen and oxygen atoms in total. The van der Waals surface area contributed by atoms with Crippen LogP contribution in [0.25, 0.3) is 0 Å². The Kier molecular flexibility index (Phi) is 8.53. The molecule has 0 radical (unpaired) electrons. The smallest absolute Gasteiger partial charge is 0.548 e. The number of alkyl carbamates (subject to hydrolysis) is 1. The molecule has 2 N–H and O–H groups in total. The van der Waals surface area contributed by atoms with Gasteiger partial charge in [0.25, 0.3) is 0 Å². The molecule has 35 heavy (non-hydrogen) atoms. The first-order valence-electron chi connectivity index (χ1n) is 10.7. The van der Waals surface area contributed by atoms with Gasteiger partial charge in [-0.3, -0.25) is 9.59 Å². The van der Waals surface area contributed by atoms with Crippen molar-refractivity contribution in [2.75, 3.05) is 0 Å². The van der Waals surface area contributed by atoms with Crippen LogP contribution in [0.3, 0.4) is 0 Å². The van der Waals surface area contributed by atoms with E-state index in [4.69, 9.17) is 4.74 Å². The van der Waals surface area contributed by atoms with Crippen molar-refractivity contribution >= 4 is 35.6 Å². The summed E-state index contributed by atoms with van der Waals surface area (Å²) < 4.78 is 4.49. The van der Waals surface area contributed by atoms with E-state index in [-0.39, 0.29) is 36.2 Å². The van der Waals surface area contributed by atoms with Crippen LogP contribution in [0, 0.1) is 0 Å². The number of amides is 3. The first-order valence-corrected chi connectivity index (χ1v) is 11.6. The van der Waals surface area contributed by atoms with Crippen molar-refractivity contribution in [2.45, 2.75) is 48.7 Å². The van der Waals surface area contributed by atoms with Gasteiger partial charge in [0.15, 0.2) is 0 Å². The normalized spacial score (nSPS) is 22.6. The number of ether oxygens (including phenoxy) is 1. The number of rotatable bonds is 7. The van der Waals surface area contributed by atoms with Gasteiger partial charge < -0.3 is 30.2 Å². The molecule has 0 spiro atoms. The molecule has 178 valence electrons. The number of thioether (sulfide) groups is 1. The van der Waals surface area contributed by atoms with Gasteiger partial charge in [0.1, 0.15) is 24.1 Å². The van der Waals surface area contributed by atoms with Gasteiger partial charge in [0, 0.05) is 4.75 Å². The summed E-state index contributed by atoms with van der Waals surface area (Å²) in [7, 11) is 0. The van der Waals surface area contributed by atoms with Crippen molar-refractivity contribution in [3.63, 3.8) is 0 Å². The van der Waals surface area contributed by atoms with Crippen molar-refractivity contribution in [3.8, 4) is 0 Å². The monoisotopic (exact) mass is 505 g/mol. The van der Waals surface area contributed by atoms with E-state index in [0.29, 0.717) is 5.56 Å². The zero-order valence-corrected chi connectivity index (χ0v) is 22.4. The predicted molar refractivity (Wildman–Crippen MR) is 122 cm³/mol. The van der Waals surface area contributed by atoms with Crippen LogP contribution in [0.2, 0.25) is 0 Å². The van der Waals surface area contributed by atoms with Crippen LogP contribution in [-0.2, 0) is 25.7 Å². The van der Waals surface area contributed by atoms with E-state index in [9.17, 15) is 24.3 Å². The molecule has 0 aliphatic carbocycles. The number of carbonyl (C=O) groups is 4. The second-order valence-corrected chi connectivity index (χ2v) is 10.4. The molecule has 4 atom stereocenters. The minimum absolute atomic E-state index is 0. The second-order valence-electron chi connectivity index (χ2n) is 8.61. The largest absolute Gasteiger partial charge is 1.00 e. The van der Waals surface area contributed by atoms with Crippen molar-refractivity contribution in [3.05, 3.63) is 71.8 Å². The van der Waals surface area contributed by atoms with Gasteiger partial charge in [-0.1, -0.05) is 60.7 Å². The third-order valence-corrected chi connectivity index (χ3v) is 7.40. The molecule has 1 unspecified atom stereocenters. The Morgan fingerprint density at radius 1 is 1.09 bits per heavy atom. The van der Waals surface area contributed by atoms with E-state index in [1.807, 2.05) is 30.3 Å². The zero-order valence-electron chi connectivity index (χ0n) is 19.6.